The third-order valence-corrected chi connectivity index (χ3v) is 6.01. The van der Waals surface area contributed by atoms with Crippen LogP contribution < -0.4 is 4.74 Å². The van der Waals surface area contributed by atoms with Crippen LogP contribution >= 0.6 is 0 Å². The molecule has 0 radical (unpaired) electrons. The van der Waals surface area contributed by atoms with Crippen LogP contribution in [0.3, 0.4) is 0 Å². The molecule has 3 heteroatoms. The average molecular weight is 374 g/mol. The number of ether oxygens (including phenoxy) is 1. The second kappa shape index (κ2) is 7.59. The summed E-state index contributed by atoms with van der Waals surface area (Å²) in [4.78, 5) is 0. The fourth-order valence-corrected chi connectivity index (χ4v) is 4.46. The predicted octanol–water partition coefficient (Wildman–Crippen LogP) is 5.16. The maximum absolute atomic E-state index is 10.1. The van der Waals surface area contributed by atoms with Gasteiger partial charge in [-0.2, -0.15) is 0 Å². The zero-order valence-electron chi connectivity index (χ0n) is 16.4. The standard InChI is InChI=1S/C25H26O3/c1-16-3-7-21(26)14-19(16)13-20-12-18-6-8-22(27)15-25(18)24(20)11-17-4-9-23(28-2)10-5-17/h3-10,14-15,20,24,26-27H,11-13H2,1-2H3. The molecular weight excluding hydrogens is 348 g/mol. The van der Waals surface area contributed by atoms with E-state index in [4.69, 9.17) is 4.74 Å². The van der Waals surface area contributed by atoms with Gasteiger partial charge in [0.15, 0.2) is 0 Å². The molecule has 1 aliphatic rings. The predicted molar refractivity (Wildman–Crippen MR) is 111 cm³/mol. The maximum atomic E-state index is 10.1. The zero-order valence-corrected chi connectivity index (χ0v) is 16.4. The van der Waals surface area contributed by atoms with Crippen LogP contribution in [0.5, 0.6) is 17.2 Å². The topological polar surface area (TPSA) is 49.7 Å². The first kappa shape index (κ1) is 18.4. The van der Waals surface area contributed by atoms with E-state index in [9.17, 15) is 10.2 Å². The SMILES string of the molecule is COc1ccc(CC2c3cc(O)ccc3CC2Cc2cc(O)ccc2C)cc1. The van der Waals surface area contributed by atoms with Crippen LogP contribution in [0.25, 0.3) is 0 Å². The van der Waals surface area contributed by atoms with Crippen molar-refractivity contribution in [2.24, 2.45) is 5.92 Å². The molecule has 3 nitrogen and oxygen atoms in total. The maximum Gasteiger partial charge on any atom is 0.118 e. The molecule has 2 unspecified atom stereocenters. The number of aromatic hydroxyl groups is 2. The van der Waals surface area contributed by atoms with E-state index in [1.54, 1.807) is 19.2 Å². The quantitative estimate of drug-likeness (QED) is 0.649. The van der Waals surface area contributed by atoms with Crippen LogP contribution in [0.4, 0.5) is 0 Å². The molecule has 0 heterocycles. The summed E-state index contributed by atoms with van der Waals surface area (Å²) in [6.07, 6.45) is 2.82. The summed E-state index contributed by atoms with van der Waals surface area (Å²) in [6, 6.07) is 19.6. The minimum absolute atomic E-state index is 0.320. The van der Waals surface area contributed by atoms with Crippen molar-refractivity contribution >= 4 is 0 Å². The average Bonchev–Trinajstić information content (AvgIpc) is 3.02. The monoisotopic (exact) mass is 374 g/mol. The number of aryl methyl sites for hydroxylation is 1. The summed E-state index contributed by atoms with van der Waals surface area (Å²) in [7, 11) is 1.68. The third kappa shape index (κ3) is 3.70. The summed E-state index contributed by atoms with van der Waals surface area (Å²) in [5.41, 5.74) is 6.24. The minimum Gasteiger partial charge on any atom is -0.508 e. The molecule has 0 saturated carbocycles. The van der Waals surface area contributed by atoms with Crippen molar-refractivity contribution in [1.82, 2.24) is 0 Å². The lowest BCUT2D eigenvalue weighted by Crippen LogP contribution is -2.14. The van der Waals surface area contributed by atoms with Gasteiger partial charge < -0.3 is 14.9 Å². The van der Waals surface area contributed by atoms with Gasteiger partial charge in [-0.3, -0.25) is 0 Å². The number of methoxy groups -OCH3 is 1. The fourth-order valence-electron chi connectivity index (χ4n) is 4.46. The Kier molecular flexibility index (Phi) is 4.99. The Balaban J connectivity index is 1.65. The molecule has 3 aromatic carbocycles. The summed E-state index contributed by atoms with van der Waals surface area (Å²) >= 11 is 0. The fraction of sp³-hybridized carbons (Fsp3) is 0.280. The van der Waals surface area contributed by atoms with Crippen molar-refractivity contribution in [2.75, 3.05) is 7.11 Å². The molecule has 0 aromatic heterocycles. The van der Waals surface area contributed by atoms with E-state index in [0.29, 0.717) is 23.3 Å². The number of rotatable bonds is 5. The van der Waals surface area contributed by atoms with Gasteiger partial charge in [-0.1, -0.05) is 24.3 Å². The molecule has 3 aromatic rings. The molecule has 0 saturated heterocycles. The van der Waals surface area contributed by atoms with Crippen molar-refractivity contribution in [2.45, 2.75) is 32.1 Å². The van der Waals surface area contributed by atoms with Crippen LogP contribution in [-0.2, 0) is 19.3 Å². The van der Waals surface area contributed by atoms with E-state index in [1.807, 2.05) is 30.3 Å². The highest BCUT2D eigenvalue weighted by atomic mass is 16.5. The molecule has 1 aliphatic carbocycles. The van der Waals surface area contributed by atoms with Gasteiger partial charge in [-0.15, -0.1) is 0 Å². The second-order valence-corrected chi connectivity index (χ2v) is 7.82. The number of benzene rings is 3. The van der Waals surface area contributed by atoms with E-state index >= 15 is 0 Å². The van der Waals surface area contributed by atoms with Gasteiger partial charge in [-0.05, 0) is 102 Å². The van der Waals surface area contributed by atoms with Crippen molar-refractivity contribution in [3.05, 3.63) is 88.5 Å². The first-order valence-corrected chi connectivity index (χ1v) is 9.76. The Labute approximate surface area is 166 Å². The van der Waals surface area contributed by atoms with Crippen LogP contribution in [-0.4, -0.2) is 17.3 Å². The van der Waals surface area contributed by atoms with Crippen LogP contribution in [0, 0.1) is 12.8 Å². The van der Waals surface area contributed by atoms with Crippen molar-refractivity contribution in [3.8, 4) is 17.2 Å². The Morgan fingerprint density at radius 2 is 1.61 bits per heavy atom. The number of phenols is 2. The Hall–Kier alpha value is -2.94. The van der Waals surface area contributed by atoms with Gasteiger partial charge in [0.05, 0.1) is 7.11 Å². The van der Waals surface area contributed by atoms with Gasteiger partial charge in [0.1, 0.15) is 17.2 Å². The first-order valence-electron chi connectivity index (χ1n) is 9.76. The highest BCUT2D eigenvalue weighted by molar-refractivity contribution is 5.44. The van der Waals surface area contributed by atoms with E-state index < -0.39 is 0 Å². The van der Waals surface area contributed by atoms with Gasteiger partial charge >= 0.3 is 0 Å². The van der Waals surface area contributed by atoms with Crippen LogP contribution in [0.1, 0.15) is 33.7 Å². The van der Waals surface area contributed by atoms with Crippen molar-refractivity contribution in [3.63, 3.8) is 0 Å². The van der Waals surface area contributed by atoms with Crippen molar-refractivity contribution < 1.29 is 14.9 Å². The third-order valence-electron chi connectivity index (χ3n) is 6.01. The molecule has 0 aliphatic heterocycles. The lowest BCUT2D eigenvalue weighted by Gasteiger charge is -2.22. The normalized spacial score (nSPS) is 18.1. The number of phenolic OH excluding ortho intramolecular Hbond substituents is 2. The second-order valence-electron chi connectivity index (χ2n) is 7.82. The zero-order chi connectivity index (χ0) is 19.7. The Morgan fingerprint density at radius 3 is 2.36 bits per heavy atom. The number of fused-ring (bicyclic) bond motifs is 1. The van der Waals surface area contributed by atoms with Gasteiger partial charge in [0.2, 0.25) is 0 Å². The van der Waals surface area contributed by atoms with Gasteiger partial charge in [0.25, 0.3) is 0 Å². The smallest absolute Gasteiger partial charge is 0.118 e. The van der Waals surface area contributed by atoms with E-state index in [-0.39, 0.29) is 0 Å². The Bertz CT molecular complexity index is 976. The summed E-state index contributed by atoms with van der Waals surface area (Å²) in [5.74, 6) is 2.27. The number of hydrogen-bond acceptors (Lipinski definition) is 3. The molecule has 2 atom stereocenters. The largest absolute Gasteiger partial charge is 0.508 e. The summed E-state index contributed by atoms with van der Waals surface area (Å²) < 4.78 is 5.28. The molecule has 144 valence electrons. The molecule has 0 fully saturated rings. The molecule has 0 spiro atoms. The first-order chi connectivity index (χ1) is 13.5. The summed E-state index contributed by atoms with van der Waals surface area (Å²) in [5, 5.41) is 20.0. The van der Waals surface area contributed by atoms with Gasteiger partial charge in [0, 0.05) is 0 Å². The molecule has 0 amide bonds. The lowest BCUT2D eigenvalue weighted by atomic mass is 9.82. The molecular formula is C25H26O3. The van der Waals surface area contributed by atoms with Crippen LogP contribution in [0.15, 0.2) is 60.7 Å². The minimum atomic E-state index is 0.320. The Morgan fingerprint density at radius 1 is 0.893 bits per heavy atom. The highest BCUT2D eigenvalue weighted by Gasteiger charge is 2.33. The van der Waals surface area contributed by atoms with Crippen molar-refractivity contribution in [1.29, 1.82) is 0 Å². The van der Waals surface area contributed by atoms with E-state index in [0.717, 1.165) is 25.0 Å². The number of hydrogen-bond donors (Lipinski definition) is 2. The summed E-state index contributed by atoms with van der Waals surface area (Å²) in [6.45, 7) is 2.10. The molecule has 28 heavy (non-hydrogen) atoms. The van der Waals surface area contributed by atoms with E-state index in [2.05, 4.69) is 25.1 Å². The van der Waals surface area contributed by atoms with E-state index in [1.165, 1.54) is 27.8 Å². The lowest BCUT2D eigenvalue weighted by molar-refractivity contribution is 0.414. The highest BCUT2D eigenvalue weighted by Crippen LogP contribution is 2.43. The molecule has 2 N–H and O–H groups in total. The molecule has 0 bridgehead atoms. The van der Waals surface area contributed by atoms with Crippen LogP contribution in [0.2, 0.25) is 0 Å². The molecule has 4 rings (SSSR count). The van der Waals surface area contributed by atoms with Gasteiger partial charge in [-0.25, -0.2) is 0 Å².